The van der Waals surface area contributed by atoms with E-state index in [1.165, 1.54) is 10.6 Å². The van der Waals surface area contributed by atoms with Crippen molar-refractivity contribution in [3.05, 3.63) is 69.9 Å². The molecule has 1 saturated carbocycles. The van der Waals surface area contributed by atoms with E-state index in [1.807, 2.05) is 12.1 Å². The number of carbonyl (C=O) groups excluding carboxylic acids is 1. The van der Waals surface area contributed by atoms with Crippen LogP contribution in [-0.2, 0) is 12.5 Å². The van der Waals surface area contributed by atoms with Crippen LogP contribution in [0.15, 0.2) is 47.4 Å². The summed E-state index contributed by atoms with van der Waals surface area (Å²) >= 11 is 0. The molecule has 1 aromatic heterocycles. The Hall–Kier alpha value is -2.47. The van der Waals surface area contributed by atoms with Crippen molar-refractivity contribution in [2.45, 2.75) is 50.0 Å². The molecule has 1 amide bonds. The Bertz CT molecular complexity index is 957. The van der Waals surface area contributed by atoms with Gasteiger partial charge in [0, 0.05) is 50.4 Å². The van der Waals surface area contributed by atoms with E-state index >= 15 is 0 Å². The van der Waals surface area contributed by atoms with Crippen molar-refractivity contribution >= 4 is 5.91 Å². The van der Waals surface area contributed by atoms with Crippen LogP contribution in [0.3, 0.4) is 0 Å². The Morgan fingerprint density at radius 1 is 1.13 bits per heavy atom. The number of aromatic nitrogens is 1. The predicted molar refractivity (Wildman–Crippen MR) is 115 cm³/mol. The highest BCUT2D eigenvalue weighted by molar-refractivity contribution is 5.94. The summed E-state index contributed by atoms with van der Waals surface area (Å²) < 4.78 is 16.0. The first kappa shape index (κ1) is 20.8. The van der Waals surface area contributed by atoms with Gasteiger partial charge in [0.05, 0.1) is 5.56 Å². The van der Waals surface area contributed by atoms with Gasteiger partial charge < -0.3 is 14.8 Å². The molecule has 0 atom stereocenters. The first-order valence-corrected chi connectivity index (χ1v) is 10.9. The second-order valence-corrected chi connectivity index (χ2v) is 8.86. The number of aryl methyl sites for hydroxylation is 1. The Morgan fingerprint density at radius 2 is 1.83 bits per heavy atom. The van der Waals surface area contributed by atoms with Gasteiger partial charge in [-0.1, -0.05) is 31.0 Å². The van der Waals surface area contributed by atoms with Crippen LogP contribution in [-0.4, -0.2) is 41.1 Å². The number of rotatable bonds is 5. The third-order valence-electron chi connectivity index (χ3n) is 6.80. The fourth-order valence-corrected chi connectivity index (χ4v) is 5.12. The van der Waals surface area contributed by atoms with E-state index in [2.05, 4.69) is 10.2 Å². The average Bonchev–Trinajstić information content (AvgIpc) is 3.21. The standard InChI is InChI=1S/C24H30FN3O2/c1-27-16-18(8-9-22(27)29)23(30)26-19-10-14-28(15-11-19)17-24(12-4-5-13-24)20-6-2-3-7-21(20)25/h2-3,6-9,16,19H,4-5,10-15,17H2,1H3,(H,26,30). The third-order valence-corrected chi connectivity index (χ3v) is 6.80. The summed E-state index contributed by atoms with van der Waals surface area (Å²) in [7, 11) is 1.64. The van der Waals surface area contributed by atoms with Crippen molar-refractivity contribution < 1.29 is 9.18 Å². The molecule has 2 fully saturated rings. The second-order valence-electron chi connectivity index (χ2n) is 8.86. The van der Waals surface area contributed by atoms with Crippen LogP contribution < -0.4 is 10.9 Å². The maximum absolute atomic E-state index is 14.6. The van der Waals surface area contributed by atoms with E-state index in [-0.39, 0.29) is 28.7 Å². The first-order valence-electron chi connectivity index (χ1n) is 10.9. The fraction of sp³-hybridized carbons (Fsp3) is 0.500. The summed E-state index contributed by atoms with van der Waals surface area (Å²) in [5, 5.41) is 3.11. The summed E-state index contributed by atoms with van der Waals surface area (Å²) in [6, 6.07) is 10.4. The minimum absolute atomic E-state index is 0.0844. The Balaban J connectivity index is 1.36. The molecule has 2 heterocycles. The highest BCUT2D eigenvalue weighted by Crippen LogP contribution is 2.43. The van der Waals surface area contributed by atoms with Crippen LogP contribution in [0, 0.1) is 5.82 Å². The number of amides is 1. The molecule has 1 saturated heterocycles. The van der Waals surface area contributed by atoms with Crippen LogP contribution in [0.1, 0.15) is 54.4 Å². The fourth-order valence-electron chi connectivity index (χ4n) is 5.12. The smallest absolute Gasteiger partial charge is 0.252 e. The molecule has 1 aromatic carbocycles. The van der Waals surface area contributed by atoms with Gasteiger partial charge in [0.15, 0.2) is 0 Å². The minimum Gasteiger partial charge on any atom is -0.349 e. The van der Waals surface area contributed by atoms with E-state index in [9.17, 15) is 14.0 Å². The van der Waals surface area contributed by atoms with Crippen LogP contribution in [0.25, 0.3) is 0 Å². The average molecular weight is 412 g/mol. The van der Waals surface area contributed by atoms with Gasteiger partial charge in [-0.25, -0.2) is 4.39 Å². The number of nitrogens with zero attached hydrogens (tertiary/aromatic N) is 2. The van der Waals surface area contributed by atoms with Crippen molar-refractivity contribution in [1.29, 1.82) is 0 Å². The van der Waals surface area contributed by atoms with Crippen LogP contribution >= 0.6 is 0 Å². The molecule has 1 N–H and O–H groups in total. The quantitative estimate of drug-likeness (QED) is 0.822. The van der Waals surface area contributed by atoms with E-state index in [4.69, 9.17) is 0 Å². The topological polar surface area (TPSA) is 54.3 Å². The molecule has 4 rings (SSSR count). The molecular formula is C24H30FN3O2. The monoisotopic (exact) mass is 411 g/mol. The SMILES string of the molecule is Cn1cc(C(=O)NC2CCN(CC3(c4ccccc4F)CCCC3)CC2)ccc1=O. The zero-order chi connectivity index (χ0) is 21.1. The largest absolute Gasteiger partial charge is 0.349 e. The normalized spacial score (nSPS) is 19.7. The van der Waals surface area contributed by atoms with Gasteiger partial charge in [-0.15, -0.1) is 0 Å². The molecule has 6 heteroatoms. The van der Waals surface area contributed by atoms with Gasteiger partial charge in [0.1, 0.15) is 5.82 Å². The number of carbonyl (C=O) groups is 1. The maximum atomic E-state index is 14.6. The first-order chi connectivity index (χ1) is 14.5. The van der Waals surface area contributed by atoms with Crippen molar-refractivity contribution in [3.63, 3.8) is 0 Å². The number of nitrogens with one attached hydrogen (secondary N) is 1. The number of likely N-dealkylation sites (tertiary alicyclic amines) is 1. The lowest BCUT2D eigenvalue weighted by molar-refractivity contribution is 0.0899. The summed E-state index contributed by atoms with van der Waals surface area (Å²) in [5.74, 6) is -0.221. The predicted octanol–water partition coefficient (Wildman–Crippen LogP) is 3.23. The van der Waals surface area contributed by atoms with Crippen LogP contribution in [0.5, 0.6) is 0 Å². The van der Waals surface area contributed by atoms with Gasteiger partial charge in [0.25, 0.3) is 5.91 Å². The van der Waals surface area contributed by atoms with E-state index < -0.39 is 0 Å². The summed E-state index contributed by atoms with van der Waals surface area (Å²) in [6.45, 7) is 2.68. The maximum Gasteiger partial charge on any atom is 0.252 e. The molecule has 5 nitrogen and oxygen atoms in total. The molecule has 0 bridgehead atoms. The van der Waals surface area contributed by atoms with Crippen molar-refractivity contribution in [2.75, 3.05) is 19.6 Å². The Labute approximate surface area is 176 Å². The molecule has 2 aromatic rings. The summed E-state index contributed by atoms with van der Waals surface area (Å²) in [5.41, 5.74) is 1.16. The van der Waals surface area contributed by atoms with Crippen LogP contribution in [0.4, 0.5) is 4.39 Å². The zero-order valence-corrected chi connectivity index (χ0v) is 17.6. The van der Waals surface area contributed by atoms with Gasteiger partial charge in [0.2, 0.25) is 5.56 Å². The molecule has 0 radical (unpaired) electrons. The number of benzene rings is 1. The van der Waals surface area contributed by atoms with Gasteiger partial charge in [-0.2, -0.15) is 0 Å². The van der Waals surface area contributed by atoms with Gasteiger partial charge >= 0.3 is 0 Å². The molecule has 1 aliphatic carbocycles. The molecule has 0 unspecified atom stereocenters. The van der Waals surface area contributed by atoms with Crippen molar-refractivity contribution in [2.24, 2.45) is 7.05 Å². The lowest BCUT2D eigenvalue weighted by atomic mass is 9.77. The Kier molecular flexibility index (Phi) is 6.04. The van der Waals surface area contributed by atoms with E-state index in [0.29, 0.717) is 5.56 Å². The molecular weight excluding hydrogens is 381 g/mol. The molecule has 2 aliphatic rings. The number of hydrogen-bond acceptors (Lipinski definition) is 3. The number of halogens is 1. The molecule has 1 aliphatic heterocycles. The summed E-state index contributed by atoms with van der Waals surface area (Å²) in [6.07, 6.45) is 7.72. The van der Waals surface area contributed by atoms with Crippen LogP contribution in [0.2, 0.25) is 0 Å². The highest BCUT2D eigenvalue weighted by Gasteiger charge is 2.39. The lowest BCUT2D eigenvalue weighted by Crippen LogP contribution is -2.48. The molecule has 0 spiro atoms. The van der Waals surface area contributed by atoms with Gasteiger partial charge in [-0.3, -0.25) is 9.59 Å². The summed E-state index contributed by atoms with van der Waals surface area (Å²) in [4.78, 5) is 26.5. The van der Waals surface area contributed by atoms with Crippen molar-refractivity contribution in [3.8, 4) is 0 Å². The Morgan fingerprint density at radius 3 is 2.50 bits per heavy atom. The molecule has 30 heavy (non-hydrogen) atoms. The minimum atomic E-state index is -0.136. The van der Waals surface area contributed by atoms with Crippen molar-refractivity contribution in [1.82, 2.24) is 14.8 Å². The molecule has 160 valence electrons. The highest BCUT2D eigenvalue weighted by atomic mass is 19.1. The lowest BCUT2D eigenvalue weighted by Gasteiger charge is -2.39. The second kappa shape index (κ2) is 8.72. The number of hydrogen-bond donors (Lipinski definition) is 1. The zero-order valence-electron chi connectivity index (χ0n) is 17.6. The number of pyridine rings is 1. The van der Waals surface area contributed by atoms with Gasteiger partial charge in [-0.05, 0) is 43.4 Å². The third kappa shape index (κ3) is 4.33. The number of piperidine rings is 1. The van der Waals surface area contributed by atoms with E-state index in [1.54, 1.807) is 31.4 Å². The van der Waals surface area contributed by atoms with E-state index in [0.717, 1.165) is 63.7 Å².